The molecule has 2 aliphatic rings. The van der Waals surface area contributed by atoms with Crippen LogP contribution in [-0.2, 0) is 9.53 Å². The molecule has 1 aliphatic heterocycles. The maximum atomic E-state index is 13.0. The summed E-state index contributed by atoms with van der Waals surface area (Å²) in [5.74, 6) is -0.287. The van der Waals surface area contributed by atoms with E-state index in [9.17, 15) is 14.4 Å². The van der Waals surface area contributed by atoms with Crippen LogP contribution in [0.3, 0.4) is 0 Å². The maximum Gasteiger partial charge on any atom is 0.410 e. The van der Waals surface area contributed by atoms with Crippen LogP contribution in [0.2, 0.25) is 0 Å². The zero-order chi connectivity index (χ0) is 20.6. The summed E-state index contributed by atoms with van der Waals surface area (Å²) in [5, 5.41) is 0. The highest BCUT2D eigenvalue weighted by molar-refractivity contribution is 5.93. The largest absolute Gasteiger partial charge is 0.444 e. The van der Waals surface area contributed by atoms with E-state index in [-0.39, 0.29) is 29.9 Å². The molecule has 7 nitrogen and oxygen atoms in total. The SMILES string of the molecule is C[C@H]1CN(C(=O)OC(C)(C)C)CCN1C(=O)[C@@H]1C[C@H]1c1cccc(C(N)=O)c1. The highest BCUT2D eigenvalue weighted by atomic mass is 16.6. The van der Waals surface area contributed by atoms with Crippen molar-refractivity contribution < 1.29 is 19.1 Å². The molecular formula is C21H29N3O4. The lowest BCUT2D eigenvalue weighted by molar-refractivity contribution is -0.137. The van der Waals surface area contributed by atoms with E-state index in [4.69, 9.17) is 10.5 Å². The van der Waals surface area contributed by atoms with E-state index in [1.165, 1.54) is 0 Å². The van der Waals surface area contributed by atoms with E-state index >= 15 is 0 Å². The number of carbonyl (C=O) groups excluding carboxylic acids is 3. The predicted molar refractivity (Wildman–Crippen MR) is 105 cm³/mol. The number of ether oxygens (including phenoxy) is 1. The molecule has 1 aromatic rings. The molecule has 7 heteroatoms. The fourth-order valence-corrected chi connectivity index (χ4v) is 3.75. The van der Waals surface area contributed by atoms with E-state index in [1.54, 1.807) is 23.1 Å². The van der Waals surface area contributed by atoms with Crippen LogP contribution >= 0.6 is 0 Å². The molecule has 1 aliphatic carbocycles. The summed E-state index contributed by atoms with van der Waals surface area (Å²) in [7, 11) is 0. The fourth-order valence-electron chi connectivity index (χ4n) is 3.75. The lowest BCUT2D eigenvalue weighted by Crippen LogP contribution is -2.56. The second-order valence-electron chi connectivity index (χ2n) is 8.75. The van der Waals surface area contributed by atoms with Gasteiger partial charge in [-0.2, -0.15) is 0 Å². The first-order chi connectivity index (χ1) is 13.1. The lowest BCUT2D eigenvalue weighted by atomic mass is 10.0. The topological polar surface area (TPSA) is 92.9 Å². The van der Waals surface area contributed by atoms with Gasteiger partial charge in [0.1, 0.15) is 5.60 Å². The zero-order valence-corrected chi connectivity index (χ0v) is 17.0. The number of amides is 3. The number of nitrogens with two attached hydrogens (primary N) is 1. The summed E-state index contributed by atoms with van der Waals surface area (Å²) >= 11 is 0. The maximum absolute atomic E-state index is 13.0. The van der Waals surface area contributed by atoms with Gasteiger partial charge in [0.05, 0.1) is 0 Å². The molecule has 1 saturated carbocycles. The van der Waals surface area contributed by atoms with Gasteiger partial charge in [-0.15, -0.1) is 0 Å². The van der Waals surface area contributed by atoms with Crippen molar-refractivity contribution in [1.82, 2.24) is 9.80 Å². The Labute approximate surface area is 165 Å². The van der Waals surface area contributed by atoms with Crippen molar-refractivity contribution in [2.24, 2.45) is 11.7 Å². The van der Waals surface area contributed by atoms with Gasteiger partial charge in [-0.1, -0.05) is 12.1 Å². The van der Waals surface area contributed by atoms with Crippen LogP contribution in [0.15, 0.2) is 24.3 Å². The monoisotopic (exact) mass is 387 g/mol. The Bertz CT molecular complexity index is 786. The first-order valence-corrected chi connectivity index (χ1v) is 9.75. The van der Waals surface area contributed by atoms with Crippen LogP contribution in [-0.4, -0.2) is 59.0 Å². The van der Waals surface area contributed by atoms with Gasteiger partial charge < -0.3 is 20.3 Å². The molecule has 2 fully saturated rings. The van der Waals surface area contributed by atoms with Crippen LogP contribution in [0, 0.1) is 5.92 Å². The molecule has 0 spiro atoms. The number of rotatable bonds is 3. The van der Waals surface area contributed by atoms with Gasteiger partial charge in [-0.25, -0.2) is 4.79 Å². The molecule has 152 valence electrons. The molecule has 0 radical (unpaired) electrons. The van der Waals surface area contributed by atoms with Gasteiger partial charge >= 0.3 is 6.09 Å². The minimum atomic E-state index is -0.534. The second-order valence-corrected chi connectivity index (χ2v) is 8.75. The highest BCUT2D eigenvalue weighted by Crippen LogP contribution is 2.49. The molecule has 3 amide bonds. The summed E-state index contributed by atoms with van der Waals surface area (Å²) in [6.07, 6.45) is 0.444. The van der Waals surface area contributed by atoms with Gasteiger partial charge in [-0.3, -0.25) is 9.59 Å². The number of piperazine rings is 1. The molecule has 1 aromatic carbocycles. The number of primary amides is 1. The van der Waals surface area contributed by atoms with Crippen molar-refractivity contribution in [1.29, 1.82) is 0 Å². The smallest absolute Gasteiger partial charge is 0.410 e. The zero-order valence-electron chi connectivity index (χ0n) is 17.0. The molecule has 3 atom stereocenters. The molecule has 28 heavy (non-hydrogen) atoms. The number of nitrogens with zero attached hydrogens (tertiary/aromatic N) is 2. The standard InChI is InChI=1S/C21H29N3O4/c1-13-12-23(20(27)28-21(2,3)4)8-9-24(13)19(26)17-11-16(17)14-6-5-7-15(10-14)18(22)25/h5-7,10,13,16-17H,8-9,11-12H2,1-4H3,(H2,22,25)/t13-,16-,17+/m0/s1. The third-order valence-corrected chi connectivity index (χ3v) is 5.27. The summed E-state index contributed by atoms with van der Waals surface area (Å²) in [6.45, 7) is 8.93. The van der Waals surface area contributed by atoms with Crippen LogP contribution < -0.4 is 5.73 Å². The Morgan fingerprint density at radius 3 is 2.50 bits per heavy atom. The molecule has 1 heterocycles. The lowest BCUT2D eigenvalue weighted by Gasteiger charge is -2.40. The van der Waals surface area contributed by atoms with Crippen LogP contribution in [0.4, 0.5) is 4.79 Å². The highest BCUT2D eigenvalue weighted by Gasteiger charge is 2.47. The molecular weight excluding hydrogens is 358 g/mol. The van der Waals surface area contributed by atoms with E-state index < -0.39 is 11.5 Å². The summed E-state index contributed by atoms with van der Waals surface area (Å²) in [5.41, 5.74) is 6.27. The van der Waals surface area contributed by atoms with Gasteiger partial charge in [0.15, 0.2) is 0 Å². The van der Waals surface area contributed by atoms with Crippen molar-refractivity contribution in [3.05, 3.63) is 35.4 Å². The van der Waals surface area contributed by atoms with Crippen molar-refractivity contribution >= 4 is 17.9 Å². The molecule has 0 aromatic heterocycles. The van der Waals surface area contributed by atoms with E-state index in [2.05, 4.69) is 0 Å². The quantitative estimate of drug-likeness (QED) is 0.862. The average Bonchev–Trinajstić information content (AvgIpc) is 3.40. The van der Waals surface area contributed by atoms with Crippen LogP contribution in [0.25, 0.3) is 0 Å². The average molecular weight is 387 g/mol. The third kappa shape index (κ3) is 4.46. The predicted octanol–water partition coefficient (Wildman–Crippen LogP) is 2.36. The molecule has 1 saturated heterocycles. The fraction of sp³-hybridized carbons (Fsp3) is 0.571. The van der Waals surface area contributed by atoms with E-state index in [0.29, 0.717) is 25.2 Å². The summed E-state index contributed by atoms with van der Waals surface area (Å²) in [6, 6.07) is 7.14. The Kier molecular flexibility index (Phi) is 5.37. The van der Waals surface area contributed by atoms with Crippen molar-refractivity contribution in [3.8, 4) is 0 Å². The normalized spacial score (nSPS) is 24.6. The molecule has 0 bridgehead atoms. The minimum Gasteiger partial charge on any atom is -0.444 e. The molecule has 3 rings (SSSR count). The molecule has 0 unspecified atom stereocenters. The molecule has 2 N–H and O–H groups in total. The first kappa shape index (κ1) is 20.2. The van der Waals surface area contributed by atoms with E-state index in [1.807, 2.05) is 38.7 Å². The van der Waals surface area contributed by atoms with E-state index in [0.717, 1.165) is 12.0 Å². The van der Waals surface area contributed by atoms with Crippen molar-refractivity contribution in [2.75, 3.05) is 19.6 Å². The van der Waals surface area contributed by atoms with Gasteiger partial charge in [0, 0.05) is 37.2 Å². The van der Waals surface area contributed by atoms with Crippen molar-refractivity contribution in [3.63, 3.8) is 0 Å². The van der Waals surface area contributed by atoms with Gasteiger partial charge in [0.25, 0.3) is 0 Å². The Morgan fingerprint density at radius 2 is 1.89 bits per heavy atom. The Hall–Kier alpha value is -2.57. The number of hydrogen-bond donors (Lipinski definition) is 1. The number of benzene rings is 1. The summed E-state index contributed by atoms with van der Waals surface area (Å²) < 4.78 is 5.43. The third-order valence-electron chi connectivity index (χ3n) is 5.27. The van der Waals surface area contributed by atoms with Gasteiger partial charge in [-0.05, 0) is 57.7 Å². The van der Waals surface area contributed by atoms with Crippen LogP contribution in [0.5, 0.6) is 0 Å². The number of carbonyl (C=O) groups is 3. The first-order valence-electron chi connectivity index (χ1n) is 9.75. The number of hydrogen-bond acceptors (Lipinski definition) is 4. The van der Waals surface area contributed by atoms with Crippen LogP contribution in [0.1, 0.15) is 56.0 Å². The second kappa shape index (κ2) is 7.45. The minimum absolute atomic E-state index is 0.0630. The van der Waals surface area contributed by atoms with Gasteiger partial charge in [0.2, 0.25) is 11.8 Å². The van der Waals surface area contributed by atoms with Crippen molar-refractivity contribution in [2.45, 2.75) is 51.7 Å². The Balaban J connectivity index is 1.59. The Morgan fingerprint density at radius 1 is 1.18 bits per heavy atom. The summed E-state index contributed by atoms with van der Waals surface area (Å²) in [4.78, 5) is 40.2.